The van der Waals surface area contributed by atoms with Crippen LogP contribution in [0.2, 0.25) is 0 Å². The molecule has 2 saturated heterocycles. The van der Waals surface area contributed by atoms with Crippen LogP contribution in [0.1, 0.15) is 68.4 Å². The van der Waals surface area contributed by atoms with Gasteiger partial charge in [-0.05, 0) is 58.6 Å². The third-order valence-electron chi connectivity index (χ3n) is 6.65. The quantitative estimate of drug-likeness (QED) is 0.624. The number of aromatic nitrogens is 3. The summed E-state index contributed by atoms with van der Waals surface area (Å²) < 4.78 is 7.28. The first-order valence-corrected chi connectivity index (χ1v) is 12.0. The second-order valence-electron chi connectivity index (χ2n) is 10.3. The minimum atomic E-state index is -0.536. The molecule has 9 heteroatoms. The smallest absolute Gasteiger partial charge is 0.410 e. The summed E-state index contributed by atoms with van der Waals surface area (Å²) in [5, 5.41) is 5.46. The molecule has 2 amide bonds. The third kappa shape index (κ3) is 4.15. The maximum absolute atomic E-state index is 13.2. The number of rotatable bonds is 2. The van der Waals surface area contributed by atoms with E-state index < -0.39 is 5.60 Å². The summed E-state index contributed by atoms with van der Waals surface area (Å²) in [4.78, 5) is 44.9. The van der Waals surface area contributed by atoms with E-state index in [0.717, 1.165) is 31.6 Å². The number of carbonyl (C=O) groups excluding carboxylic acids is 2. The lowest BCUT2D eigenvalue weighted by Crippen LogP contribution is -2.41. The average Bonchev–Trinajstić information content (AvgIpc) is 3.45. The summed E-state index contributed by atoms with van der Waals surface area (Å²) in [6.07, 6.45) is 3.12. The number of hydrogen-bond donors (Lipinski definition) is 1. The molecule has 2 aliphatic heterocycles. The highest BCUT2D eigenvalue weighted by molar-refractivity contribution is 6.11. The number of ether oxygens (including phenoxy) is 1. The molecular weight excluding hydrogens is 434 g/mol. The van der Waals surface area contributed by atoms with E-state index in [1.54, 1.807) is 15.5 Å². The molecule has 9 nitrogen and oxygen atoms in total. The Morgan fingerprint density at radius 3 is 2.44 bits per heavy atom. The van der Waals surface area contributed by atoms with Crippen LogP contribution in [0.5, 0.6) is 0 Å². The summed E-state index contributed by atoms with van der Waals surface area (Å²) in [6.45, 7) is 8.18. The van der Waals surface area contributed by atoms with E-state index in [1.165, 1.54) is 0 Å². The monoisotopic (exact) mass is 465 g/mol. The number of amides is 2. The highest BCUT2D eigenvalue weighted by Crippen LogP contribution is 2.31. The topological polar surface area (TPSA) is 100 Å². The second-order valence-corrected chi connectivity index (χ2v) is 10.3. The van der Waals surface area contributed by atoms with Gasteiger partial charge < -0.3 is 19.5 Å². The van der Waals surface area contributed by atoms with Gasteiger partial charge in [0.25, 0.3) is 11.5 Å². The molecule has 1 aromatic carbocycles. The van der Waals surface area contributed by atoms with Gasteiger partial charge >= 0.3 is 6.09 Å². The van der Waals surface area contributed by atoms with Gasteiger partial charge in [0.2, 0.25) is 0 Å². The van der Waals surface area contributed by atoms with Crippen LogP contribution in [-0.2, 0) is 4.74 Å². The van der Waals surface area contributed by atoms with Gasteiger partial charge in [-0.15, -0.1) is 0 Å². The predicted molar refractivity (Wildman–Crippen MR) is 128 cm³/mol. The number of nitrogens with one attached hydrogen (secondary N) is 1. The fourth-order valence-corrected chi connectivity index (χ4v) is 5.03. The van der Waals surface area contributed by atoms with E-state index >= 15 is 0 Å². The van der Waals surface area contributed by atoms with E-state index in [2.05, 4.69) is 4.98 Å². The maximum atomic E-state index is 13.2. The van der Waals surface area contributed by atoms with Crippen LogP contribution in [0.15, 0.2) is 29.1 Å². The number of fused-ring (bicyclic) bond motifs is 3. The summed E-state index contributed by atoms with van der Waals surface area (Å²) in [5.74, 6) is 0.0467. The van der Waals surface area contributed by atoms with E-state index in [4.69, 9.17) is 9.84 Å². The molecule has 180 valence electrons. The number of benzene rings is 1. The molecule has 0 bridgehead atoms. The van der Waals surface area contributed by atoms with Gasteiger partial charge in [0.05, 0.1) is 22.2 Å². The highest BCUT2D eigenvalue weighted by atomic mass is 16.6. The van der Waals surface area contributed by atoms with Crippen LogP contribution in [0.3, 0.4) is 0 Å². The number of carbonyl (C=O) groups is 2. The number of likely N-dealkylation sites (tertiary alicyclic amines) is 2. The van der Waals surface area contributed by atoms with Gasteiger partial charge in [-0.3, -0.25) is 9.59 Å². The lowest BCUT2D eigenvalue weighted by Gasteiger charge is -2.33. The van der Waals surface area contributed by atoms with Gasteiger partial charge in [-0.2, -0.15) is 5.10 Å². The number of hydrogen-bond acceptors (Lipinski definition) is 5. The largest absolute Gasteiger partial charge is 0.444 e. The molecule has 34 heavy (non-hydrogen) atoms. The van der Waals surface area contributed by atoms with Crippen LogP contribution in [0.4, 0.5) is 4.79 Å². The third-order valence-corrected chi connectivity index (χ3v) is 6.65. The van der Waals surface area contributed by atoms with Crippen molar-refractivity contribution in [2.45, 2.75) is 58.0 Å². The van der Waals surface area contributed by atoms with E-state index in [9.17, 15) is 14.4 Å². The van der Waals surface area contributed by atoms with Crippen LogP contribution in [-0.4, -0.2) is 68.2 Å². The van der Waals surface area contributed by atoms with Crippen LogP contribution in [0.25, 0.3) is 16.6 Å². The maximum Gasteiger partial charge on any atom is 0.410 e. The van der Waals surface area contributed by atoms with Crippen molar-refractivity contribution in [1.82, 2.24) is 24.4 Å². The first-order valence-electron chi connectivity index (χ1n) is 12.0. The van der Waals surface area contributed by atoms with Gasteiger partial charge in [0.1, 0.15) is 11.2 Å². The molecule has 5 rings (SSSR count). The molecular formula is C25H31N5O4. The molecule has 4 heterocycles. The summed E-state index contributed by atoms with van der Waals surface area (Å²) in [7, 11) is 0. The standard InChI is InChI=1S/C25H31N5O4/c1-25(2,3)34-24(33)29-13-9-16(10-14-29)19-15-20(31)26-22-21-17(23(32)28-11-4-5-12-28)7-6-8-18(21)27-30(19)22/h6-8,15-16H,4-5,9-14H2,1-3H3,(H,26,31). The van der Waals surface area contributed by atoms with Crippen molar-refractivity contribution >= 4 is 28.6 Å². The Labute approximate surface area is 197 Å². The first-order chi connectivity index (χ1) is 16.2. The van der Waals surface area contributed by atoms with Crippen molar-refractivity contribution < 1.29 is 14.3 Å². The Morgan fingerprint density at radius 1 is 1.06 bits per heavy atom. The molecule has 0 spiro atoms. The van der Waals surface area contributed by atoms with Gasteiger partial charge in [0, 0.05) is 38.2 Å². The normalized spacial score (nSPS) is 17.6. The Morgan fingerprint density at radius 2 is 1.76 bits per heavy atom. The van der Waals surface area contributed by atoms with Crippen LogP contribution < -0.4 is 5.56 Å². The van der Waals surface area contributed by atoms with Crippen molar-refractivity contribution in [2.75, 3.05) is 26.2 Å². The molecule has 0 atom stereocenters. The summed E-state index contributed by atoms with van der Waals surface area (Å²) in [6, 6.07) is 7.12. The van der Waals surface area contributed by atoms with Crippen LogP contribution in [0, 0.1) is 0 Å². The highest BCUT2D eigenvalue weighted by Gasteiger charge is 2.30. The molecule has 0 saturated carbocycles. The molecule has 2 fully saturated rings. The molecule has 0 aliphatic carbocycles. The fraction of sp³-hybridized carbons (Fsp3) is 0.520. The number of aromatic amines is 1. The van der Waals surface area contributed by atoms with E-state index in [1.807, 2.05) is 43.9 Å². The molecule has 3 aromatic rings. The molecule has 0 radical (unpaired) electrons. The summed E-state index contributed by atoms with van der Waals surface area (Å²) >= 11 is 0. The molecule has 2 aromatic heterocycles. The zero-order valence-electron chi connectivity index (χ0n) is 20.0. The van der Waals surface area contributed by atoms with Gasteiger partial charge in [-0.1, -0.05) is 6.07 Å². The minimum Gasteiger partial charge on any atom is -0.444 e. The first kappa shape index (κ1) is 22.4. The Bertz CT molecular complexity index is 1300. The lowest BCUT2D eigenvalue weighted by atomic mass is 9.93. The van der Waals surface area contributed by atoms with Gasteiger partial charge in [-0.25, -0.2) is 9.31 Å². The van der Waals surface area contributed by atoms with Crippen molar-refractivity contribution in [3.8, 4) is 0 Å². The Hall–Kier alpha value is -3.36. The second kappa shape index (κ2) is 8.45. The number of H-pyrrole nitrogens is 1. The summed E-state index contributed by atoms with van der Waals surface area (Å²) in [5.41, 5.74) is 1.85. The Balaban J connectivity index is 1.48. The number of piperidine rings is 1. The Kier molecular flexibility index (Phi) is 5.58. The molecule has 0 unspecified atom stereocenters. The lowest BCUT2D eigenvalue weighted by molar-refractivity contribution is 0.0203. The van der Waals surface area contributed by atoms with Crippen molar-refractivity contribution in [3.05, 3.63) is 45.9 Å². The zero-order valence-corrected chi connectivity index (χ0v) is 20.0. The van der Waals surface area contributed by atoms with Crippen molar-refractivity contribution in [2.24, 2.45) is 0 Å². The fourth-order valence-electron chi connectivity index (χ4n) is 5.03. The zero-order chi connectivity index (χ0) is 24.0. The minimum absolute atomic E-state index is 0.0186. The number of nitrogens with zero attached hydrogens (tertiary/aromatic N) is 4. The molecule has 1 N–H and O–H groups in total. The SMILES string of the molecule is CC(C)(C)OC(=O)N1CCC(c2cc(=O)[nH]c3c4c(C(=O)N5CCCC5)cccc4nn23)CC1. The van der Waals surface area contributed by atoms with Crippen LogP contribution >= 0.6 is 0 Å². The van der Waals surface area contributed by atoms with E-state index in [0.29, 0.717) is 48.0 Å². The average molecular weight is 466 g/mol. The molecule has 2 aliphatic rings. The van der Waals surface area contributed by atoms with Gasteiger partial charge in [0.15, 0.2) is 0 Å². The van der Waals surface area contributed by atoms with E-state index in [-0.39, 0.29) is 23.5 Å². The predicted octanol–water partition coefficient (Wildman–Crippen LogP) is 3.53. The van der Waals surface area contributed by atoms with Crippen molar-refractivity contribution in [3.63, 3.8) is 0 Å². The van der Waals surface area contributed by atoms with Crippen molar-refractivity contribution in [1.29, 1.82) is 0 Å².